The fourth-order valence-electron chi connectivity index (χ4n) is 7.90. The maximum absolute atomic E-state index is 2.41. The van der Waals surface area contributed by atoms with Gasteiger partial charge in [-0.3, -0.25) is 0 Å². The first-order valence-corrected chi connectivity index (χ1v) is 17.6. The number of para-hydroxylation sites is 1. The van der Waals surface area contributed by atoms with E-state index in [9.17, 15) is 0 Å². The van der Waals surface area contributed by atoms with Crippen LogP contribution in [0.3, 0.4) is 0 Å². The molecule has 9 aromatic carbocycles. The molecule has 0 saturated heterocycles. The zero-order valence-electron chi connectivity index (χ0n) is 28.0. The molecule has 0 N–H and O–H groups in total. The maximum Gasteiger partial charge on any atom is 0.0541 e. The van der Waals surface area contributed by atoms with Crippen LogP contribution in [-0.4, -0.2) is 4.57 Å². The molecule has 0 saturated carbocycles. The largest absolute Gasteiger partial charge is 0.309 e. The van der Waals surface area contributed by atoms with Gasteiger partial charge in [-0.25, -0.2) is 0 Å². The Morgan fingerprint density at radius 2 is 0.804 bits per heavy atom. The molecule has 10 aromatic rings. The van der Waals surface area contributed by atoms with Crippen LogP contribution in [0.4, 0.5) is 0 Å². The molecule has 10 rings (SSSR count). The molecule has 0 atom stereocenters. The quantitative estimate of drug-likeness (QED) is 0.164. The lowest BCUT2D eigenvalue weighted by atomic mass is 9.90. The van der Waals surface area contributed by atoms with Crippen molar-refractivity contribution in [3.05, 3.63) is 200 Å². The van der Waals surface area contributed by atoms with Gasteiger partial charge in [-0.15, -0.1) is 0 Å². The Bertz CT molecular complexity index is 2900. The van der Waals surface area contributed by atoms with Gasteiger partial charge in [0.25, 0.3) is 0 Å². The van der Waals surface area contributed by atoms with Crippen LogP contribution in [0.5, 0.6) is 0 Å². The summed E-state index contributed by atoms with van der Waals surface area (Å²) in [5, 5.41) is 7.56. The van der Waals surface area contributed by atoms with Gasteiger partial charge >= 0.3 is 0 Å². The smallest absolute Gasteiger partial charge is 0.0541 e. The van der Waals surface area contributed by atoms with Crippen LogP contribution in [0.15, 0.2) is 200 Å². The second kappa shape index (κ2) is 12.0. The number of rotatable bonds is 5. The predicted molar refractivity (Wildman–Crippen MR) is 218 cm³/mol. The van der Waals surface area contributed by atoms with E-state index in [1.165, 1.54) is 87.9 Å². The first kappa shape index (κ1) is 29.2. The molecular weight excluding hydrogens is 615 g/mol. The summed E-state index contributed by atoms with van der Waals surface area (Å²) in [6.07, 6.45) is 0. The maximum atomic E-state index is 2.41. The summed E-state index contributed by atoms with van der Waals surface area (Å²) in [6, 6.07) is 73.0. The normalized spacial score (nSPS) is 11.5. The minimum atomic E-state index is 1.16. The fraction of sp³-hybridized carbons (Fsp3) is 0. The third kappa shape index (κ3) is 5.02. The molecule has 0 radical (unpaired) electrons. The van der Waals surface area contributed by atoms with Crippen LogP contribution in [-0.2, 0) is 0 Å². The predicted octanol–water partition coefficient (Wildman–Crippen LogP) is 13.8. The highest BCUT2D eigenvalue weighted by atomic mass is 15.0. The molecule has 0 spiro atoms. The molecule has 1 aromatic heterocycles. The number of hydrogen-bond acceptors (Lipinski definition) is 0. The third-order valence-electron chi connectivity index (χ3n) is 10.4. The van der Waals surface area contributed by atoms with Gasteiger partial charge in [0.05, 0.1) is 11.0 Å². The number of aromatic nitrogens is 1. The van der Waals surface area contributed by atoms with Crippen molar-refractivity contribution >= 4 is 43.4 Å². The average Bonchev–Trinajstić information content (AvgIpc) is 3.55. The van der Waals surface area contributed by atoms with E-state index >= 15 is 0 Å². The Morgan fingerprint density at radius 1 is 0.255 bits per heavy atom. The molecule has 0 aliphatic heterocycles. The SMILES string of the molecule is c1ccc(-c2cccc(-c3cc4ccccc4c4cc(-c5ccc6c(c5)c5ccccc5n6-c5cccc(-c6ccccc6)c5)ccc34)c2)cc1. The van der Waals surface area contributed by atoms with Crippen LogP contribution in [0.25, 0.3) is 93.5 Å². The Labute approximate surface area is 297 Å². The van der Waals surface area contributed by atoms with Gasteiger partial charge in [-0.05, 0) is 115 Å². The molecule has 0 amide bonds. The van der Waals surface area contributed by atoms with Crippen molar-refractivity contribution in [3.8, 4) is 50.2 Å². The Kier molecular flexibility index (Phi) is 6.89. The van der Waals surface area contributed by atoms with Crippen molar-refractivity contribution in [1.29, 1.82) is 0 Å². The Morgan fingerprint density at radius 3 is 1.59 bits per heavy atom. The molecule has 0 bridgehead atoms. The Balaban J connectivity index is 1.13. The summed E-state index contributed by atoms with van der Waals surface area (Å²) in [5.41, 5.74) is 13.4. The summed E-state index contributed by atoms with van der Waals surface area (Å²) in [5.74, 6) is 0. The monoisotopic (exact) mass is 647 g/mol. The highest BCUT2D eigenvalue weighted by Gasteiger charge is 2.15. The van der Waals surface area contributed by atoms with Crippen LogP contribution in [0.2, 0.25) is 0 Å². The van der Waals surface area contributed by atoms with Crippen LogP contribution in [0, 0.1) is 0 Å². The molecule has 51 heavy (non-hydrogen) atoms. The van der Waals surface area contributed by atoms with E-state index in [1.807, 2.05) is 0 Å². The molecule has 1 heterocycles. The first-order valence-electron chi connectivity index (χ1n) is 17.6. The first-order chi connectivity index (χ1) is 25.3. The number of hydrogen-bond donors (Lipinski definition) is 0. The topological polar surface area (TPSA) is 4.93 Å². The summed E-state index contributed by atoms with van der Waals surface area (Å²) in [7, 11) is 0. The minimum absolute atomic E-state index is 1.16. The van der Waals surface area contributed by atoms with Gasteiger partial charge in [0.15, 0.2) is 0 Å². The van der Waals surface area contributed by atoms with Gasteiger partial charge in [0.1, 0.15) is 0 Å². The lowest BCUT2D eigenvalue weighted by molar-refractivity contribution is 1.18. The highest BCUT2D eigenvalue weighted by Crippen LogP contribution is 2.40. The van der Waals surface area contributed by atoms with E-state index in [2.05, 4.69) is 205 Å². The molecule has 0 aliphatic rings. The Hall–Kier alpha value is -6.70. The molecule has 1 heteroatoms. The van der Waals surface area contributed by atoms with E-state index in [1.54, 1.807) is 0 Å². The van der Waals surface area contributed by atoms with Crippen molar-refractivity contribution in [3.63, 3.8) is 0 Å². The lowest BCUT2D eigenvalue weighted by Gasteiger charge is -2.14. The minimum Gasteiger partial charge on any atom is -0.309 e. The van der Waals surface area contributed by atoms with E-state index in [4.69, 9.17) is 0 Å². The summed E-state index contributed by atoms with van der Waals surface area (Å²) < 4.78 is 2.41. The second-order valence-corrected chi connectivity index (χ2v) is 13.4. The lowest BCUT2D eigenvalue weighted by Crippen LogP contribution is -1.94. The van der Waals surface area contributed by atoms with Crippen LogP contribution < -0.4 is 0 Å². The van der Waals surface area contributed by atoms with Gasteiger partial charge in [0.2, 0.25) is 0 Å². The zero-order valence-corrected chi connectivity index (χ0v) is 28.0. The number of benzene rings is 9. The van der Waals surface area contributed by atoms with Gasteiger partial charge < -0.3 is 4.57 Å². The number of nitrogens with zero attached hydrogens (tertiary/aromatic N) is 1. The second-order valence-electron chi connectivity index (χ2n) is 13.4. The van der Waals surface area contributed by atoms with Crippen molar-refractivity contribution in [2.75, 3.05) is 0 Å². The van der Waals surface area contributed by atoms with Gasteiger partial charge in [-0.2, -0.15) is 0 Å². The standard InChI is InChI=1S/C50H33N/c1-3-13-34(14-4-1)36-18-11-20-40(29-36)46-33-41-17-7-8-22-43(41)47-31-38(25-27-44(46)47)39-26-28-50-48(32-39)45-23-9-10-24-49(45)51(50)42-21-12-19-37(30-42)35-15-5-2-6-16-35/h1-33H. The van der Waals surface area contributed by atoms with E-state index in [0.29, 0.717) is 0 Å². The average molecular weight is 648 g/mol. The molecule has 0 aliphatic carbocycles. The van der Waals surface area contributed by atoms with Crippen LogP contribution >= 0.6 is 0 Å². The van der Waals surface area contributed by atoms with Crippen molar-refractivity contribution in [2.24, 2.45) is 0 Å². The summed E-state index contributed by atoms with van der Waals surface area (Å²) in [4.78, 5) is 0. The zero-order chi connectivity index (χ0) is 33.7. The summed E-state index contributed by atoms with van der Waals surface area (Å²) in [6.45, 7) is 0. The molecular formula is C50H33N. The number of fused-ring (bicyclic) bond motifs is 6. The van der Waals surface area contributed by atoms with Gasteiger partial charge in [0, 0.05) is 16.5 Å². The fourth-order valence-corrected chi connectivity index (χ4v) is 7.90. The molecule has 0 unspecified atom stereocenters. The van der Waals surface area contributed by atoms with Crippen molar-refractivity contribution < 1.29 is 0 Å². The van der Waals surface area contributed by atoms with Gasteiger partial charge in [-0.1, -0.05) is 152 Å². The van der Waals surface area contributed by atoms with Crippen LogP contribution in [0.1, 0.15) is 0 Å². The van der Waals surface area contributed by atoms with E-state index in [-0.39, 0.29) is 0 Å². The molecule has 238 valence electrons. The van der Waals surface area contributed by atoms with Crippen molar-refractivity contribution in [2.45, 2.75) is 0 Å². The highest BCUT2D eigenvalue weighted by molar-refractivity contribution is 6.15. The van der Waals surface area contributed by atoms with Crippen molar-refractivity contribution in [1.82, 2.24) is 4.57 Å². The summed E-state index contributed by atoms with van der Waals surface area (Å²) >= 11 is 0. The van der Waals surface area contributed by atoms with E-state index in [0.717, 1.165) is 5.69 Å². The third-order valence-corrected chi connectivity index (χ3v) is 10.4. The van der Waals surface area contributed by atoms with E-state index < -0.39 is 0 Å². The molecule has 1 nitrogen and oxygen atoms in total. The molecule has 0 fully saturated rings.